The van der Waals surface area contributed by atoms with Crippen LogP contribution in [0, 0.1) is 0 Å². The molecule has 6 aromatic carbocycles. The molecule has 0 heterocycles. The molecule has 0 saturated carbocycles. The Labute approximate surface area is 262 Å². The molecule has 0 fully saturated rings. The molecular weight excluding hydrogens is 633 g/mol. The maximum Gasteiger partial charge on any atom is 0.294 e. The van der Waals surface area contributed by atoms with Gasteiger partial charge in [0.1, 0.15) is 11.5 Å². The first-order valence-corrected chi connectivity index (χ1v) is 16.3. The predicted molar refractivity (Wildman–Crippen MR) is 171 cm³/mol. The summed E-state index contributed by atoms with van der Waals surface area (Å²) in [6.07, 6.45) is 0. The van der Waals surface area contributed by atoms with Crippen molar-refractivity contribution in [3.8, 4) is 22.6 Å². The van der Waals surface area contributed by atoms with Crippen molar-refractivity contribution in [1.82, 2.24) is 0 Å². The van der Waals surface area contributed by atoms with Crippen molar-refractivity contribution in [2.75, 3.05) is 0 Å². The lowest BCUT2D eigenvalue weighted by atomic mass is 10.1. The highest BCUT2D eigenvalue weighted by Gasteiger charge is 2.17. The molecular formula is C32H22N4O8S2. The molecule has 0 atom stereocenters. The van der Waals surface area contributed by atoms with Crippen LogP contribution in [0.25, 0.3) is 32.7 Å². The third kappa shape index (κ3) is 6.31. The number of hydrogen-bond acceptors (Lipinski definition) is 10. The molecule has 6 aromatic rings. The van der Waals surface area contributed by atoms with Gasteiger partial charge in [-0.25, -0.2) is 0 Å². The Bertz CT molecular complexity index is 2260. The zero-order chi connectivity index (χ0) is 32.6. The summed E-state index contributed by atoms with van der Waals surface area (Å²) in [6.45, 7) is 0. The van der Waals surface area contributed by atoms with Crippen LogP contribution >= 0.6 is 0 Å². The number of hydrogen-bond donors (Lipinski definition) is 4. The second-order valence-electron chi connectivity index (χ2n) is 10.1. The van der Waals surface area contributed by atoms with Gasteiger partial charge in [0.25, 0.3) is 20.2 Å². The van der Waals surface area contributed by atoms with E-state index in [0.717, 1.165) is 23.3 Å². The summed E-state index contributed by atoms with van der Waals surface area (Å²) in [4.78, 5) is -0.757. The summed E-state index contributed by atoms with van der Waals surface area (Å²) < 4.78 is 66.1. The van der Waals surface area contributed by atoms with Crippen LogP contribution in [-0.4, -0.2) is 36.2 Å². The average Bonchev–Trinajstić information content (AvgIpc) is 3.02. The molecule has 4 N–H and O–H groups in total. The maximum atomic E-state index is 11.8. The summed E-state index contributed by atoms with van der Waals surface area (Å²) in [7, 11) is -9.05. The molecule has 12 nitrogen and oxygen atoms in total. The lowest BCUT2D eigenvalue weighted by Crippen LogP contribution is -1.97. The Balaban J connectivity index is 1.24. The molecule has 230 valence electrons. The van der Waals surface area contributed by atoms with Crippen molar-refractivity contribution in [3.63, 3.8) is 0 Å². The first-order chi connectivity index (χ1) is 21.9. The van der Waals surface area contributed by atoms with Gasteiger partial charge in [-0.05, 0) is 82.6 Å². The van der Waals surface area contributed by atoms with Crippen LogP contribution in [0.1, 0.15) is 0 Å². The molecule has 0 radical (unpaired) electrons. The van der Waals surface area contributed by atoms with Crippen molar-refractivity contribution < 1.29 is 36.2 Å². The van der Waals surface area contributed by atoms with Crippen LogP contribution in [0.2, 0.25) is 0 Å². The van der Waals surface area contributed by atoms with Crippen molar-refractivity contribution >= 4 is 64.5 Å². The Morgan fingerprint density at radius 1 is 0.457 bits per heavy atom. The Hall–Kier alpha value is -5.54. The Morgan fingerprint density at radius 3 is 1.17 bits per heavy atom. The van der Waals surface area contributed by atoms with Gasteiger partial charge >= 0.3 is 0 Å². The van der Waals surface area contributed by atoms with E-state index in [-0.39, 0.29) is 43.4 Å². The minimum absolute atomic E-state index is 0.0602. The predicted octanol–water partition coefficient (Wildman–Crippen LogP) is 8.40. The monoisotopic (exact) mass is 654 g/mol. The first-order valence-electron chi connectivity index (χ1n) is 13.4. The standard InChI is InChI=1S/C32H22N4O8S2/c37-29-5-1-3-21-15-25(45(39,40)41)17-27(31(21)29)35-33-23-11-7-19(8-12-23)20-9-13-24(14-10-20)34-36-28-18-26(46(42,43)44)16-22-4-2-6-30(38)32(22)28/h1-18,37-38H,(H,39,40,41)(H,42,43,44). The molecule has 0 spiro atoms. The fourth-order valence-electron chi connectivity index (χ4n) is 4.84. The highest BCUT2D eigenvalue weighted by Crippen LogP contribution is 2.38. The molecule has 46 heavy (non-hydrogen) atoms. The molecule has 0 aromatic heterocycles. The lowest BCUT2D eigenvalue weighted by molar-refractivity contribution is 0.480. The number of azo groups is 2. The molecule has 0 amide bonds. The van der Waals surface area contributed by atoms with Crippen LogP contribution in [-0.2, 0) is 20.2 Å². The summed E-state index contributed by atoms with van der Waals surface area (Å²) in [5, 5.41) is 38.6. The fraction of sp³-hybridized carbons (Fsp3) is 0. The van der Waals surface area contributed by atoms with Gasteiger partial charge in [-0.15, -0.1) is 10.2 Å². The van der Waals surface area contributed by atoms with E-state index in [0.29, 0.717) is 22.1 Å². The summed E-state index contributed by atoms with van der Waals surface area (Å²) >= 11 is 0. The second kappa shape index (κ2) is 11.8. The quantitative estimate of drug-likeness (QED) is 0.0971. The lowest BCUT2D eigenvalue weighted by Gasteiger charge is -2.07. The van der Waals surface area contributed by atoms with Gasteiger partial charge in [0.15, 0.2) is 0 Å². The first kappa shape index (κ1) is 30.5. The topological polar surface area (TPSA) is 199 Å². The van der Waals surface area contributed by atoms with Gasteiger partial charge < -0.3 is 10.2 Å². The van der Waals surface area contributed by atoms with E-state index >= 15 is 0 Å². The van der Waals surface area contributed by atoms with E-state index in [1.165, 1.54) is 24.3 Å². The number of phenolic OH excluding ortho intramolecular Hbond substituents is 2. The molecule has 0 aliphatic heterocycles. The molecule has 14 heteroatoms. The number of rotatable bonds is 7. The van der Waals surface area contributed by atoms with Crippen molar-refractivity contribution in [1.29, 1.82) is 0 Å². The second-order valence-corrected chi connectivity index (χ2v) is 12.9. The zero-order valence-electron chi connectivity index (χ0n) is 23.4. The zero-order valence-corrected chi connectivity index (χ0v) is 25.1. The molecule has 6 rings (SSSR count). The largest absolute Gasteiger partial charge is 0.507 e. The Kier molecular flexibility index (Phi) is 7.79. The van der Waals surface area contributed by atoms with Crippen LogP contribution in [0.15, 0.2) is 139 Å². The fourth-order valence-corrected chi connectivity index (χ4v) is 5.91. The van der Waals surface area contributed by atoms with Crippen LogP contribution in [0.3, 0.4) is 0 Å². The average molecular weight is 655 g/mol. The minimum Gasteiger partial charge on any atom is -0.507 e. The van der Waals surface area contributed by atoms with Gasteiger partial charge in [0.2, 0.25) is 0 Å². The summed E-state index contributed by atoms with van der Waals surface area (Å²) in [6, 6.07) is 27.8. The number of benzene rings is 6. The van der Waals surface area contributed by atoms with Gasteiger partial charge in [-0.3, -0.25) is 9.11 Å². The van der Waals surface area contributed by atoms with E-state index in [9.17, 15) is 36.2 Å². The minimum atomic E-state index is -4.52. The van der Waals surface area contributed by atoms with E-state index in [2.05, 4.69) is 20.5 Å². The molecule has 0 saturated heterocycles. The number of nitrogens with zero attached hydrogens (tertiary/aromatic N) is 4. The molecule has 0 unspecified atom stereocenters. The van der Waals surface area contributed by atoms with Gasteiger partial charge in [0, 0.05) is 0 Å². The van der Waals surface area contributed by atoms with Crippen molar-refractivity contribution in [3.05, 3.63) is 109 Å². The van der Waals surface area contributed by atoms with E-state index in [1.54, 1.807) is 72.8 Å². The highest BCUT2D eigenvalue weighted by atomic mass is 32.2. The summed E-state index contributed by atoms with van der Waals surface area (Å²) in [5.74, 6) is -0.241. The SMILES string of the molecule is O=S(=O)(O)c1cc(N=Nc2ccc(-c3ccc(N=Nc4cc(S(=O)(=O)O)cc5cccc(O)c45)cc3)cc2)c2c(O)cccc2c1. The van der Waals surface area contributed by atoms with Crippen molar-refractivity contribution in [2.24, 2.45) is 20.5 Å². The van der Waals surface area contributed by atoms with Crippen LogP contribution in [0.5, 0.6) is 11.5 Å². The van der Waals surface area contributed by atoms with Gasteiger partial charge in [0.05, 0.1) is 43.3 Å². The number of aromatic hydroxyl groups is 2. The maximum absolute atomic E-state index is 11.8. The van der Waals surface area contributed by atoms with E-state index in [4.69, 9.17) is 0 Å². The third-order valence-electron chi connectivity index (χ3n) is 7.03. The van der Waals surface area contributed by atoms with Crippen molar-refractivity contribution in [2.45, 2.75) is 9.79 Å². The van der Waals surface area contributed by atoms with Crippen LogP contribution in [0.4, 0.5) is 22.7 Å². The van der Waals surface area contributed by atoms with E-state index in [1.807, 2.05) is 0 Å². The van der Waals surface area contributed by atoms with E-state index < -0.39 is 20.2 Å². The number of fused-ring (bicyclic) bond motifs is 2. The molecule has 0 bridgehead atoms. The molecule has 0 aliphatic carbocycles. The van der Waals surface area contributed by atoms with Gasteiger partial charge in [-0.2, -0.15) is 27.1 Å². The Morgan fingerprint density at radius 2 is 0.826 bits per heavy atom. The third-order valence-corrected chi connectivity index (χ3v) is 8.69. The highest BCUT2D eigenvalue weighted by molar-refractivity contribution is 7.86. The van der Waals surface area contributed by atoms with Crippen LogP contribution < -0.4 is 0 Å². The normalized spacial score (nSPS) is 12.5. The molecule has 0 aliphatic rings. The summed E-state index contributed by atoms with van der Waals surface area (Å²) in [5.41, 5.74) is 2.66. The smallest absolute Gasteiger partial charge is 0.294 e. The van der Waals surface area contributed by atoms with Gasteiger partial charge in [-0.1, -0.05) is 48.5 Å². The number of phenols is 2.